The maximum Gasteiger partial charge on any atom is 0.261 e. The number of benzene rings is 3. The SMILES string of the molecule is CC(C)(C)[Si](OCc1cc(Cl)cc(Cn2c(-c3ccnn3C3CCCCO3)cc3nc(Cl)ccc32)c1)(c1ccccc1)c1ccccc1. The number of nitrogens with zero attached hydrogens (tertiary/aromatic N) is 4. The van der Waals surface area contributed by atoms with Crippen molar-refractivity contribution >= 4 is 52.9 Å². The summed E-state index contributed by atoms with van der Waals surface area (Å²) in [6.07, 6.45) is 4.87. The molecule has 0 bridgehead atoms. The van der Waals surface area contributed by atoms with Gasteiger partial charge in [-0.2, -0.15) is 5.10 Å². The second kappa shape index (κ2) is 13.7. The van der Waals surface area contributed by atoms with Crippen LogP contribution in [0.4, 0.5) is 0 Å². The molecule has 1 fully saturated rings. The largest absolute Gasteiger partial charge is 0.403 e. The van der Waals surface area contributed by atoms with Crippen molar-refractivity contribution in [1.29, 1.82) is 0 Å². The lowest BCUT2D eigenvalue weighted by Gasteiger charge is -2.43. The monoisotopic (exact) mass is 694 g/mol. The van der Waals surface area contributed by atoms with E-state index in [-0.39, 0.29) is 11.3 Å². The van der Waals surface area contributed by atoms with Gasteiger partial charge in [-0.1, -0.05) is 111 Å². The fraction of sp³-hybridized carbons (Fsp3) is 0.282. The molecular formula is C39H40Cl2N4O2Si. The zero-order valence-electron chi connectivity index (χ0n) is 27.6. The smallest absolute Gasteiger partial charge is 0.261 e. The van der Waals surface area contributed by atoms with Crippen molar-refractivity contribution in [3.05, 3.63) is 131 Å². The molecule has 3 aromatic heterocycles. The highest BCUT2D eigenvalue weighted by Crippen LogP contribution is 2.38. The lowest BCUT2D eigenvalue weighted by molar-refractivity contribution is -0.0384. The van der Waals surface area contributed by atoms with Gasteiger partial charge in [0, 0.05) is 24.4 Å². The fourth-order valence-corrected chi connectivity index (χ4v) is 12.2. The van der Waals surface area contributed by atoms with Crippen LogP contribution in [0, 0.1) is 0 Å². The summed E-state index contributed by atoms with van der Waals surface area (Å²) in [6.45, 7) is 8.64. The third-order valence-corrected chi connectivity index (χ3v) is 14.7. The standard InChI is InChI=1S/C39H40Cl2N4O2Si/c1-39(2,3)48(31-12-6-4-7-13-31,32-14-8-5-9-15-32)47-27-29-22-28(23-30(40)24-29)26-44-34-17-18-37(41)43-33(34)25-36(44)35-19-20-42-45(35)38-16-10-11-21-46-38/h4-9,12-15,17-20,22-25,38H,10-11,16,21,26-27H2,1-3H3. The van der Waals surface area contributed by atoms with Gasteiger partial charge in [-0.15, -0.1) is 0 Å². The third-order valence-electron chi connectivity index (χ3n) is 9.31. The van der Waals surface area contributed by atoms with E-state index in [1.807, 2.05) is 41.2 Å². The van der Waals surface area contributed by atoms with E-state index in [1.165, 1.54) is 10.4 Å². The van der Waals surface area contributed by atoms with Crippen molar-refractivity contribution in [3.63, 3.8) is 0 Å². The first-order chi connectivity index (χ1) is 23.2. The molecule has 0 spiro atoms. The van der Waals surface area contributed by atoms with E-state index in [0.29, 0.717) is 23.3 Å². The van der Waals surface area contributed by atoms with E-state index in [0.717, 1.165) is 59.4 Å². The van der Waals surface area contributed by atoms with Crippen LogP contribution in [-0.2, 0) is 22.3 Å². The second-order valence-corrected chi connectivity index (χ2v) is 18.7. The summed E-state index contributed by atoms with van der Waals surface area (Å²) in [5.41, 5.74) is 5.89. The summed E-state index contributed by atoms with van der Waals surface area (Å²) >= 11 is 13.2. The Morgan fingerprint density at radius 2 is 1.54 bits per heavy atom. The minimum Gasteiger partial charge on any atom is -0.403 e. The van der Waals surface area contributed by atoms with Crippen molar-refractivity contribution in [2.24, 2.45) is 0 Å². The zero-order chi connectivity index (χ0) is 33.3. The number of hydrogen-bond acceptors (Lipinski definition) is 4. The molecule has 1 saturated heterocycles. The van der Waals surface area contributed by atoms with Gasteiger partial charge in [0.25, 0.3) is 8.32 Å². The Kier molecular flexibility index (Phi) is 9.33. The highest BCUT2D eigenvalue weighted by Gasteiger charge is 2.50. The van der Waals surface area contributed by atoms with Gasteiger partial charge in [-0.25, -0.2) is 9.67 Å². The van der Waals surface area contributed by atoms with E-state index < -0.39 is 8.32 Å². The molecule has 0 saturated carbocycles. The van der Waals surface area contributed by atoms with E-state index in [2.05, 4.69) is 103 Å². The maximum absolute atomic E-state index is 7.27. The van der Waals surface area contributed by atoms with Gasteiger partial charge in [0.05, 0.1) is 29.0 Å². The van der Waals surface area contributed by atoms with Gasteiger partial charge in [-0.05, 0) is 82.2 Å². The van der Waals surface area contributed by atoms with Crippen LogP contribution in [0.15, 0.2) is 109 Å². The van der Waals surface area contributed by atoms with Crippen molar-refractivity contribution in [3.8, 4) is 11.4 Å². The summed E-state index contributed by atoms with van der Waals surface area (Å²) in [7, 11) is -2.73. The van der Waals surface area contributed by atoms with Crippen LogP contribution >= 0.6 is 23.2 Å². The zero-order valence-corrected chi connectivity index (χ0v) is 30.1. The van der Waals surface area contributed by atoms with Gasteiger partial charge < -0.3 is 13.7 Å². The summed E-state index contributed by atoms with van der Waals surface area (Å²) < 4.78 is 17.7. The molecular weight excluding hydrogens is 655 g/mol. The minimum absolute atomic E-state index is 0.0943. The predicted molar refractivity (Wildman–Crippen MR) is 198 cm³/mol. The van der Waals surface area contributed by atoms with Gasteiger partial charge in [-0.3, -0.25) is 0 Å². The van der Waals surface area contributed by atoms with Crippen molar-refractivity contribution < 1.29 is 9.16 Å². The van der Waals surface area contributed by atoms with Crippen LogP contribution in [0.2, 0.25) is 15.2 Å². The molecule has 6 aromatic rings. The van der Waals surface area contributed by atoms with Gasteiger partial charge in [0.2, 0.25) is 0 Å². The number of halogens is 2. The molecule has 6 nitrogen and oxygen atoms in total. The number of fused-ring (bicyclic) bond motifs is 1. The molecule has 0 radical (unpaired) electrons. The Morgan fingerprint density at radius 1 is 0.833 bits per heavy atom. The van der Waals surface area contributed by atoms with Crippen LogP contribution < -0.4 is 10.4 Å². The quantitative estimate of drug-likeness (QED) is 0.112. The Hall–Kier alpha value is -3.72. The first kappa shape index (κ1) is 32.8. The third kappa shape index (κ3) is 6.38. The Morgan fingerprint density at radius 3 is 2.21 bits per heavy atom. The van der Waals surface area contributed by atoms with Crippen LogP contribution in [-0.4, -0.2) is 34.3 Å². The average Bonchev–Trinajstić information content (AvgIpc) is 3.70. The highest BCUT2D eigenvalue weighted by molar-refractivity contribution is 6.99. The van der Waals surface area contributed by atoms with Crippen molar-refractivity contribution in [1.82, 2.24) is 19.3 Å². The van der Waals surface area contributed by atoms with Crippen LogP contribution in [0.5, 0.6) is 0 Å². The molecule has 246 valence electrons. The molecule has 1 unspecified atom stereocenters. The summed E-state index contributed by atoms with van der Waals surface area (Å²) in [6, 6.07) is 35.7. The number of aromatic nitrogens is 4. The van der Waals surface area contributed by atoms with Crippen molar-refractivity contribution in [2.45, 2.75) is 64.5 Å². The molecule has 0 amide bonds. The van der Waals surface area contributed by atoms with Gasteiger partial charge in [0.15, 0.2) is 6.23 Å². The molecule has 48 heavy (non-hydrogen) atoms. The lowest BCUT2D eigenvalue weighted by atomic mass is 10.1. The average molecular weight is 696 g/mol. The maximum atomic E-state index is 7.27. The van der Waals surface area contributed by atoms with Gasteiger partial charge >= 0.3 is 0 Å². The molecule has 1 atom stereocenters. The van der Waals surface area contributed by atoms with Gasteiger partial charge in [0.1, 0.15) is 5.15 Å². The van der Waals surface area contributed by atoms with E-state index >= 15 is 0 Å². The summed E-state index contributed by atoms with van der Waals surface area (Å²) in [5.74, 6) is 0. The summed E-state index contributed by atoms with van der Waals surface area (Å²) in [4.78, 5) is 4.66. The molecule has 0 N–H and O–H groups in total. The minimum atomic E-state index is -2.73. The lowest BCUT2D eigenvalue weighted by Crippen LogP contribution is -2.66. The fourth-order valence-electron chi connectivity index (χ4n) is 7.19. The number of hydrogen-bond donors (Lipinski definition) is 0. The Bertz CT molecular complexity index is 1980. The Labute approximate surface area is 293 Å². The van der Waals surface area contributed by atoms with Crippen LogP contribution in [0.3, 0.4) is 0 Å². The number of pyridine rings is 1. The van der Waals surface area contributed by atoms with E-state index in [1.54, 1.807) is 0 Å². The topological polar surface area (TPSA) is 54.1 Å². The van der Waals surface area contributed by atoms with E-state index in [9.17, 15) is 0 Å². The molecule has 9 heteroatoms. The summed E-state index contributed by atoms with van der Waals surface area (Å²) in [5, 5.41) is 8.20. The van der Waals surface area contributed by atoms with Crippen LogP contribution in [0.1, 0.15) is 57.4 Å². The Balaban J connectivity index is 1.26. The predicted octanol–water partition coefficient (Wildman–Crippen LogP) is 9.03. The first-order valence-corrected chi connectivity index (χ1v) is 19.2. The van der Waals surface area contributed by atoms with Crippen LogP contribution in [0.25, 0.3) is 22.4 Å². The van der Waals surface area contributed by atoms with Crippen molar-refractivity contribution in [2.75, 3.05) is 6.61 Å². The first-order valence-electron chi connectivity index (χ1n) is 16.6. The highest BCUT2D eigenvalue weighted by atomic mass is 35.5. The molecule has 0 aliphatic carbocycles. The molecule has 1 aliphatic rings. The molecule has 1 aliphatic heterocycles. The normalized spacial score (nSPS) is 15.6. The number of ether oxygens (including phenoxy) is 1. The second-order valence-electron chi connectivity index (χ2n) is 13.6. The van der Waals surface area contributed by atoms with E-state index in [4.69, 9.17) is 37.5 Å². The molecule has 7 rings (SSSR count). The molecule has 4 heterocycles. The number of rotatable bonds is 9. The molecule has 3 aromatic carbocycles.